The number of halogens is 3. The third-order valence-corrected chi connectivity index (χ3v) is 2.88. The Balaban J connectivity index is 2.33. The lowest BCUT2D eigenvalue weighted by Gasteiger charge is -2.04. The molecule has 0 radical (unpaired) electrons. The highest BCUT2D eigenvalue weighted by Gasteiger charge is 2.03. The fourth-order valence-corrected chi connectivity index (χ4v) is 1.90. The summed E-state index contributed by atoms with van der Waals surface area (Å²) < 4.78 is 24.1. The normalized spacial score (nSPS) is 12.7. The molecule has 0 unspecified atom stereocenters. The summed E-state index contributed by atoms with van der Waals surface area (Å²) in [5, 5.41) is 2.21. The van der Waals surface area contributed by atoms with Gasteiger partial charge < -0.3 is 5.73 Å². The molecule has 104 valence electrons. The standard InChI is InChI=1S/C14H12ClF2N3/c15-13-4-11-3-9(1-2-10(11)7-20-13)12(5-18)6-19-8-14(16)17/h1-7,14H,8,18H2. The molecular weight excluding hydrogens is 284 g/mol. The lowest BCUT2D eigenvalue weighted by Crippen LogP contribution is -1.97. The molecular formula is C14H12ClF2N3. The number of rotatable bonds is 4. The van der Waals surface area contributed by atoms with Crippen LogP contribution in [0.1, 0.15) is 5.56 Å². The Morgan fingerprint density at radius 3 is 2.85 bits per heavy atom. The molecule has 0 spiro atoms. The van der Waals surface area contributed by atoms with Crippen LogP contribution in [0.15, 0.2) is 41.7 Å². The fourth-order valence-electron chi connectivity index (χ4n) is 1.74. The molecule has 0 fully saturated rings. The number of fused-ring (bicyclic) bond motifs is 1. The van der Waals surface area contributed by atoms with Crippen LogP contribution in [0.5, 0.6) is 0 Å². The van der Waals surface area contributed by atoms with Gasteiger partial charge in [-0.1, -0.05) is 23.7 Å². The zero-order valence-corrected chi connectivity index (χ0v) is 11.2. The molecule has 6 heteroatoms. The average molecular weight is 296 g/mol. The smallest absolute Gasteiger partial charge is 0.257 e. The van der Waals surface area contributed by atoms with E-state index < -0.39 is 13.0 Å². The van der Waals surface area contributed by atoms with Crippen LogP contribution in [0.2, 0.25) is 5.15 Å². The van der Waals surface area contributed by atoms with Gasteiger partial charge >= 0.3 is 0 Å². The molecule has 0 saturated carbocycles. The molecule has 0 aliphatic heterocycles. The van der Waals surface area contributed by atoms with Gasteiger partial charge in [-0.3, -0.25) is 4.99 Å². The third-order valence-electron chi connectivity index (χ3n) is 2.68. The van der Waals surface area contributed by atoms with Gasteiger partial charge in [0.1, 0.15) is 5.15 Å². The zero-order chi connectivity index (χ0) is 14.5. The second-order valence-electron chi connectivity index (χ2n) is 4.08. The summed E-state index contributed by atoms with van der Waals surface area (Å²) in [4.78, 5) is 7.64. The maximum absolute atomic E-state index is 12.1. The monoisotopic (exact) mass is 295 g/mol. The largest absolute Gasteiger partial charge is 0.404 e. The molecule has 2 N–H and O–H groups in total. The lowest BCUT2D eigenvalue weighted by molar-refractivity contribution is 0.159. The van der Waals surface area contributed by atoms with Crippen LogP contribution in [0.3, 0.4) is 0 Å². The van der Waals surface area contributed by atoms with Gasteiger partial charge in [0, 0.05) is 29.6 Å². The average Bonchev–Trinajstić information content (AvgIpc) is 2.42. The Kier molecular flexibility index (Phi) is 4.63. The van der Waals surface area contributed by atoms with Crippen LogP contribution in [0.4, 0.5) is 8.78 Å². The van der Waals surface area contributed by atoms with Crippen molar-refractivity contribution in [3.63, 3.8) is 0 Å². The highest BCUT2D eigenvalue weighted by atomic mass is 35.5. The molecule has 0 saturated heterocycles. The molecule has 0 aliphatic carbocycles. The van der Waals surface area contributed by atoms with E-state index in [1.807, 2.05) is 18.2 Å². The molecule has 0 bridgehead atoms. The Morgan fingerprint density at radius 2 is 2.15 bits per heavy atom. The predicted molar refractivity (Wildman–Crippen MR) is 78.3 cm³/mol. The van der Waals surface area contributed by atoms with E-state index in [0.29, 0.717) is 10.7 Å². The number of nitrogens with zero attached hydrogens (tertiary/aromatic N) is 2. The van der Waals surface area contributed by atoms with Gasteiger partial charge in [0.2, 0.25) is 0 Å². The van der Waals surface area contributed by atoms with Gasteiger partial charge in [-0.2, -0.15) is 0 Å². The molecule has 1 heterocycles. The van der Waals surface area contributed by atoms with Crippen molar-refractivity contribution >= 4 is 34.2 Å². The summed E-state index contributed by atoms with van der Waals surface area (Å²) in [6.45, 7) is -0.541. The number of aromatic nitrogens is 1. The van der Waals surface area contributed by atoms with E-state index >= 15 is 0 Å². The maximum atomic E-state index is 12.1. The summed E-state index contributed by atoms with van der Waals surface area (Å²) in [6.07, 6.45) is 1.87. The second kappa shape index (κ2) is 6.43. The van der Waals surface area contributed by atoms with Gasteiger partial charge in [0.25, 0.3) is 6.43 Å². The number of aliphatic imine (C=N–C) groups is 1. The van der Waals surface area contributed by atoms with Crippen LogP contribution in [0, 0.1) is 0 Å². The minimum absolute atomic E-state index is 0.388. The first kappa shape index (κ1) is 14.4. The summed E-state index contributed by atoms with van der Waals surface area (Å²) in [5.74, 6) is 0. The van der Waals surface area contributed by atoms with Crippen molar-refractivity contribution in [3.8, 4) is 0 Å². The van der Waals surface area contributed by atoms with Crippen LogP contribution in [-0.4, -0.2) is 24.2 Å². The number of allylic oxidation sites excluding steroid dienone is 1. The lowest BCUT2D eigenvalue weighted by atomic mass is 10.0. The van der Waals surface area contributed by atoms with Gasteiger partial charge in [0.05, 0.1) is 6.54 Å². The summed E-state index contributed by atoms with van der Waals surface area (Å²) in [7, 11) is 0. The summed E-state index contributed by atoms with van der Waals surface area (Å²) in [6, 6.07) is 7.27. The number of hydrogen-bond acceptors (Lipinski definition) is 3. The summed E-state index contributed by atoms with van der Waals surface area (Å²) >= 11 is 5.84. The number of pyridine rings is 1. The first-order valence-electron chi connectivity index (χ1n) is 5.85. The fraction of sp³-hybridized carbons (Fsp3) is 0.143. The highest BCUT2D eigenvalue weighted by molar-refractivity contribution is 6.30. The molecule has 1 aromatic carbocycles. The van der Waals surface area contributed by atoms with Crippen molar-refractivity contribution in [1.29, 1.82) is 0 Å². The Morgan fingerprint density at radius 1 is 1.35 bits per heavy atom. The minimum Gasteiger partial charge on any atom is -0.404 e. The molecule has 0 atom stereocenters. The molecule has 2 aromatic rings. The van der Waals surface area contributed by atoms with E-state index in [1.165, 1.54) is 12.4 Å². The van der Waals surface area contributed by atoms with E-state index in [2.05, 4.69) is 9.98 Å². The Hall–Kier alpha value is -2.01. The topological polar surface area (TPSA) is 51.3 Å². The van der Waals surface area contributed by atoms with Gasteiger partial charge in [-0.15, -0.1) is 0 Å². The third kappa shape index (κ3) is 3.51. The van der Waals surface area contributed by atoms with Crippen molar-refractivity contribution < 1.29 is 8.78 Å². The van der Waals surface area contributed by atoms with Crippen LogP contribution in [-0.2, 0) is 0 Å². The first-order chi connectivity index (χ1) is 9.60. The maximum Gasteiger partial charge on any atom is 0.257 e. The second-order valence-corrected chi connectivity index (χ2v) is 4.46. The quantitative estimate of drug-likeness (QED) is 0.693. The Bertz CT molecular complexity index is 669. The Labute approximate surface area is 119 Å². The molecule has 3 nitrogen and oxygen atoms in total. The van der Waals surface area contributed by atoms with Crippen molar-refractivity contribution in [2.24, 2.45) is 10.7 Å². The highest BCUT2D eigenvalue weighted by Crippen LogP contribution is 2.21. The predicted octanol–water partition coefficient (Wildman–Crippen LogP) is 3.52. The molecule has 0 amide bonds. The van der Waals surface area contributed by atoms with Crippen molar-refractivity contribution in [2.45, 2.75) is 6.43 Å². The van der Waals surface area contributed by atoms with Gasteiger partial charge in [0.15, 0.2) is 0 Å². The molecule has 2 rings (SSSR count). The van der Waals surface area contributed by atoms with Gasteiger partial charge in [-0.25, -0.2) is 13.8 Å². The number of nitrogens with two attached hydrogens (primary N) is 1. The van der Waals surface area contributed by atoms with Crippen LogP contribution >= 0.6 is 11.6 Å². The van der Waals surface area contributed by atoms with Crippen molar-refractivity contribution in [3.05, 3.63) is 47.4 Å². The summed E-state index contributed by atoms with van der Waals surface area (Å²) in [5.41, 5.74) is 6.86. The van der Waals surface area contributed by atoms with E-state index in [-0.39, 0.29) is 0 Å². The van der Waals surface area contributed by atoms with E-state index in [4.69, 9.17) is 17.3 Å². The van der Waals surface area contributed by atoms with Crippen LogP contribution < -0.4 is 5.73 Å². The number of benzene rings is 1. The van der Waals surface area contributed by atoms with Crippen molar-refractivity contribution in [2.75, 3.05) is 6.54 Å². The number of hydrogen-bond donors (Lipinski definition) is 1. The SMILES string of the molecule is NC=C(C=NCC(F)F)c1ccc2cnc(Cl)cc2c1. The van der Waals surface area contributed by atoms with Gasteiger partial charge in [-0.05, 0) is 23.1 Å². The number of alkyl halides is 2. The molecule has 0 aliphatic rings. The van der Waals surface area contributed by atoms with E-state index in [0.717, 1.165) is 16.3 Å². The minimum atomic E-state index is -2.47. The van der Waals surface area contributed by atoms with Crippen LogP contribution in [0.25, 0.3) is 16.3 Å². The molecule has 20 heavy (non-hydrogen) atoms. The molecule has 1 aromatic heterocycles. The van der Waals surface area contributed by atoms with E-state index in [1.54, 1.807) is 12.3 Å². The van der Waals surface area contributed by atoms with Crippen molar-refractivity contribution in [1.82, 2.24) is 4.98 Å². The zero-order valence-electron chi connectivity index (χ0n) is 10.4. The first-order valence-corrected chi connectivity index (χ1v) is 6.23. The van der Waals surface area contributed by atoms with E-state index in [9.17, 15) is 8.78 Å².